The Morgan fingerprint density at radius 1 is 0.808 bits per heavy atom. The van der Waals surface area contributed by atoms with E-state index < -0.39 is 0 Å². The Labute approximate surface area is 182 Å². The van der Waals surface area contributed by atoms with Crippen molar-refractivity contribution in [2.75, 3.05) is 0 Å². The number of aromatic hydroxyl groups is 1. The van der Waals surface area contributed by atoms with E-state index in [1.54, 1.807) is 12.1 Å². The second-order valence-electron chi connectivity index (χ2n) is 6.29. The van der Waals surface area contributed by atoms with Crippen LogP contribution in [-0.2, 0) is 19.2 Å². The first-order chi connectivity index (χ1) is 11.2. The van der Waals surface area contributed by atoms with Gasteiger partial charge < -0.3 is 29.9 Å². The van der Waals surface area contributed by atoms with Gasteiger partial charge in [-0.2, -0.15) is 28.3 Å². The SMILES string of the molecule is C[Si](C)=[Ti+2].Cc1[cH-]c(C)c(C)c1C.Oc1ccc2ccccc2c1.[Cl-].[Cl-]. The number of hydrogen-bond donors (Lipinski definition) is 1. The standard InChI is InChI=1S/C10H8O.C9H13.C2H6Si.2ClH.Ti/c11-10-6-5-8-3-1-2-4-9(8)7-10;1-6-5-7(2)9(4)8(6)3;1-3-2;;;/h1-7,11H;5H,1-4H3;1-2H3;2*1H;/q;-1;;;;+2/p-2. The summed E-state index contributed by atoms with van der Waals surface area (Å²) in [4.78, 5) is 0. The van der Waals surface area contributed by atoms with Gasteiger partial charge in [-0.1, -0.05) is 58.0 Å². The van der Waals surface area contributed by atoms with E-state index in [-0.39, 0.29) is 31.0 Å². The third-order valence-corrected chi connectivity index (χ3v) is 3.91. The summed E-state index contributed by atoms with van der Waals surface area (Å²) in [6, 6.07) is 15.6. The van der Waals surface area contributed by atoms with E-state index in [1.165, 1.54) is 22.3 Å². The first kappa shape index (κ1) is 27.6. The Bertz CT molecular complexity index is 801. The minimum atomic E-state index is 0. The summed E-state index contributed by atoms with van der Waals surface area (Å²) in [6.07, 6.45) is 0.120. The van der Waals surface area contributed by atoms with Gasteiger partial charge in [0, 0.05) is 0 Å². The van der Waals surface area contributed by atoms with Crippen LogP contribution in [0.15, 0.2) is 48.5 Å². The molecule has 0 aliphatic carbocycles. The maximum atomic E-state index is 9.13. The van der Waals surface area contributed by atoms with Crippen molar-refractivity contribution in [3.63, 3.8) is 0 Å². The quantitative estimate of drug-likeness (QED) is 0.384. The van der Waals surface area contributed by atoms with Crippen LogP contribution in [-0.4, -0.2) is 11.3 Å². The molecular formula is C21H27Cl2OSiTi-. The number of phenolic OH excluding ortho intramolecular Hbond substituents is 1. The van der Waals surface area contributed by atoms with E-state index in [1.807, 2.05) is 30.3 Å². The van der Waals surface area contributed by atoms with Gasteiger partial charge in [0.05, 0.1) is 0 Å². The molecule has 140 valence electrons. The number of fused-ring (bicyclic) bond motifs is 1. The van der Waals surface area contributed by atoms with Gasteiger partial charge in [0.1, 0.15) is 5.75 Å². The minimum absolute atomic E-state index is 0. The van der Waals surface area contributed by atoms with Gasteiger partial charge in [0.15, 0.2) is 0 Å². The number of phenols is 1. The summed E-state index contributed by atoms with van der Waals surface area (Å²) in [7, 11) is 0. The molecule has 0 radical (unpaired) electrons. The molecule has 1 nitrogen and oxygen atoms in total. The van der Waals surface area contributed by atoms with Gasteiger partial charge in [0.25, 0.3) is 0 Å². The fraction of sp³-hybridized carbons (Fsp3) is 0.286. The zero-order valence-corrected chi connectivity index (χ0v) is 20.4. The van der Waals surface area contributed by atoms with E-state index >= 15 is 0 Å². The molecule has 0 atom stereocenters. The van der Waals surface area contributed by atoms with Crippen LogP contribution >= 0.6 is 0 Å². The average molecular weight is 442 g/mol. The first-order valence-electron chi connectivity index (χ1n) is 8.12. The van der Waals surface area contributed by atoms with E-state index in [0.29, 0.717) is 5.75 Å². The van der Waals surface area contributed by atoms with E-state index in [4.69, 9.17) is 5.11 Å². The molecule has 0 aromatic heterocycles. The van der Waals surface area contributed by atoms with Crippen LogP contribution in [0.2, 0.25) is 13.1 Å². The molecular weight excluding hydrogens is 415 g/mol. The number of hydrogen-bond acceptors (Lipinski definition) is 1. The van der Waals surface area contributed by atoms with Crippen molar-refractivity contribution in [2.45, 2.75) is 40.8 Å². The molecule has 0 unspecified atom stereocenters. The number of rotatable bonds is 0. The Balaban J connectivity index is 0. The third-order valence-electron chi connectivity index (χ3n) is 3.91. The molecule has 0 heterocycles. The largest absolute Gasteiger partial charge is 1.00 e. The fourth-order valence-electron chi connectivity index (χ4n) is 2.31. The first-order valence-corrected chi connectivity index (χ1v) is 13.0. The number of aryl methyl sites for hydroxylation is 2. The molecule has 3 aromatic carbocycles. The summed E-state index contributed by atoms with van der Waals surface area (Å²) in [5, 5.41) is 11.4. The molecule has 0 saturated heterocycles. The third kappa shape index (κ3) is 9.34. The molecule has 0 spiro atoms. The van der Waals surface area contributed by atoms with E-state index in [9.17, 15) is 0 Å². The summed E-state index contributed by atoms with van der Waals surface area (Å²) in [5.41, 5.74) is 5.75. The normalized spacial score (nSPS) is 8.92. The van der Waals surface area contributed by atoms with Crippen LogP contribution in [0.4, 0.5) is 0 Å². The van der Waals surface area contributed by atoms with Crippen molar-refractivity contribution >= 4 is 17.0 Å². The second kappa shape index (κ2) is 13.5. The Morgan fingerprint density at radius 3 is 1.62 bits per heavy atom. The van der Waals surface area contributed by atoms with Crippen LogP contribution in [0.1, 0.15) is 22.3 Å². The summed E-state index contributed by atoms with van der Waals surface area (Å²) in [6.45, 7) is 13.2. The molecule has 1 N–H and O–H groups in total. The predicted molar refractivity (Wildman–Crippen MR) is 104 cm³/mol. The van der Waals surface area contributed by atoms with Crippen LogP contribution in [0.3, 0.4) is 0 Å². The zero-order valence-electron chi connectivity index (χ0n) is 16.3. The van der Waals surface area contributed by atoms with Gasteiger partial charge in [-0.3, -0.25) is 0 Å². The molecule has 5 heteroatoms. The smallest absolute Gasteiger partial charge is 0.116 e. The predicted octanol–water partition coefficient (Wildman–Crippen LogP) is -0.0231. The molecule has 0 aliphatic heterocycles. The van der Waals surface area contributed by atoms with Crippen LogP contribution in [0, 0.1) is 27.7 Å². The molecule has 26 heavy (non-hydrogen) atoms. The number of benzene rings is 2. The summed E-state index contributed by atoms with van der Waals surface area (Å²) in [5.74, 6) is 0.323. The zero-order chi connectivity index (χ0) is 18.3. The molecule has 0 bridgehead atoms. The Kier molecular flexibility index (Phi) is 14.3. The molecule has 0 fully saturated rings. The number of halogens is 2. The average Bonchev–Trinajstić information content (AvgIpc) is 2.73. The minimum Gasteiger partial charge on any atom is -1.00 e. The topological polar surface area (TPSA) is 20.2 Å². The van der Waals surface area contributed by atoms with E-state index in [2.05, 4.69) is 66.0 Å². The van der Waals surface area contributed by atoms with Gasteiger partial charge in [0.2, 0.25) is 0 Å². The summed E-state index contributed by atoms with van der Waals surface area (Å²) >= 11 is 2.27. The van der Waals surface area contributed by atoms with Gasteiger partial charge in [-0.05, 0) is 22.9 Å². The van der Waals surface area contributed by atoms with Crippen molar-refractivity contribution in [3.05, 3.63) is 70.8 Å². The van der Waals surface area contributed by atoms with Crippen LogP contribution in [0.25, 0.3) is 10.8 Å². The van der Waals surface area contributed by atoms with Crippen molar-refractivity contribution in [2.24, 2.45) is 0 Å². The molecule has 0 amide bonds. The Hall–Kier alpha value is -0.639. The van der Waals surface area contributed by atoms with Gasteiger partial charge in [-0.15, -0.1) is 0 Å². The van der Waals surface area contributed by atoms with Crippen molar-refractivity contribution in [1.82, 2.24) is 0 Å². The molecule has 3 aromatic rings. The van der Waals surface area contributed by atoms with Crippen molar-refractivity contribution < 1.29 is 49.1 Å². The van der Waals surface area contributed by atoms with Gasteiger partial charge >= 0.3 is 38.5 Å². The van der Waals surface area contributed by atoms with Gasteiger partial charge in [-0.25, -0.2) is 0 Å². The van der Waals surface area contributed by atoms with Crippen molar-refractivity contribution in [1.29, 1.82) is 0 Å². The maximum absolute atomic E-state index is 9.13. The maximum Gasteiger partial charge on any atom is 0.116 e. The van der Waals surface area contributed by atoms with Crippen LogP contribution < -0.4 is 24.8 Å². The van der Waals surface area contributed by atoms with Crippen molar-refractivity contribution in [3.8, 4) is 5.75 Å². The second-order valence-corrected chi connectivity index (χ2v) is 13.0. The fourth-order valence-corrected chi connectivity index (χ4v) is 2.31. The molecule has 3 rings (SSSR count). The van der Waals surface area contributed by atoms with E-state index in [0.717, 1.165) is 10.8 Å². The molecule has 0 saturated carbocycles. The Morgan fingerprint density at radius 2 is 1.23 bits per heavy atom. The monoisotopic (exact) mass is 441 g/mol. The summed E-state index contributed by atoms with van der Waals surface area (Å²) < 4.78 is 0. The van der Waals surface area contributed by atoms with Crippen LogP contribution in [0.5, 0.6) is 5.75 Å². The molecule has 0 aliphatic rings.